The van der Waals surface area contributed by atoms with Gasteiger partial charge in [-0.15, -0.1) is 0 Å². The fourth-order valence-electron chi connectivity index (χ4n) is 5.78. The highest BCUT2D eigenvalue weighted by Gasteiger charge is 2.64. The topological polar surface area (TPSA) is 80.2 Å². The van der Waals surface area contributed by atoms with Gasteiger partial charge in [-0.05, 0) is 70.9 Å². The molecule has 2 spiro atoms. The van der Waals surface area contributed by atoms with Crippen molar-refractivity contribution in [3.05, 3.63) is 34.9 Å². The summed E-state index contributed by atoms with van der Waals surface area (Å²) in [5.41, 5.74) is 0.450. The molecule has 1 saturated carbocycles. The maximum atomic E-state index is 13.9. The molecule has 3 aliphatic rings. The van der Waals surface area contributed by atoms with Gasteiger partial charge in [0, 0.05) is 12.5 Å². The van der Waals surface area contributed by atoms with Crippen LogP contribution in [-0.2, 0) is 26.2 Å². The second kappa shape index (κ2) is 8.59. The van der Waals surface area contributed by atoms with Crippen LogP contribution in [0.25, 0.3) is 0 Å². The molecule has 1 amide bonds. The number of hydrogen-bond donors (Lipinski definition) is 1. The first kappa shape index (κ1) is 24.6. The van der Waals surface area contributed by atoms with Gasteiger partial charge >= 0.3 is 12.7 Å². The number of ether oxygens (including phenoxy) is 2. The predicted octanol–water partition coefficient (Wildman–Crippen LogP) is 4.31. The molecule has 4 rings (SSSR count). The molecule has 1 fully saturated rings. The van der Waals surface area contributed by atoms with Crippen molar-refractivity contribution in [3.8, 4) is 0 Å². The van der Waals surface area contributed by atoms with Crippen LogP contribution in [0.3, 0.4) is 0 Å². The van der Waals surface area contributed by atoms with E-state index in [0.717, 1.165) is 16.7 Å². The quantitative estimate of drug-likeness (QED) is 0.687. The van der Waals surface area contributed by atoms with Crippen LogP contribution in [0.15, 0.2) is 23.2 Å². The highest BCUT2D eigenvalue weighted by Crippen LogP contribution is 2.61. The number of nitrogens with zero attached hydrogens (tertiary/aromatic N) is 2. The zero-order chi connectivity index (χ0) is 24.9. The van der Waals surface area contributed by atoms with E-state index in [-0.39, 0.29) is 18.3 Å². The fourth-order valence-corrected chi connectivity index (χ4v) is 5.78. The average molecular weight is 478 g/mol. The van der Waals surface area contributed by atoms with Crippen molar-refractivity contribution in [3.63, 3.8) is 0 Å². The molecule has 7 nitrogen and oxygen atoms in total. The number of guanidine groups is 1. The summed E-state index contributed by atoms with van der Waals surface area (Å²) in [7, 11) is 1.70. The Kier molecular flexibility index (Phi) is 6.21. The third-order valence-electron chi connectivity index (χ3n) is 7.17. The molecule has 1 unspecified atom stereocenters. The summed E-state index contributed by atoms with van der Waals surface area (Å²) in [5, 5.41) is 2.74. The van der Waals surface area contributed by atoms with Gasteiger partial charge in [-0.2, -0.15) is 8.78 Å². The number of hydrogen-bond acceptors (Lipinski definition) is 6. The van der Waals surface area contributed by atoms with Gasteiger partial charge in [0.15, 0.2) is 11.3 Å². The van der Waals surface area contributed by atoms with E-state index in [0.29, 0.717) is 32.1 Å². The number of Topliss-reactive ketones (excluding diaryl/α,β-unsaturated/α-hetero) is 1. The van der Waals surface area contributed by atoms with Gasteiger partial charge < -0.3 is 14.4 Å². The van der Waals surface area contributed by atoms with E-state index in [1.165, 1.54) is 0 Å². The molecule has 34 heavy (non-hydrogen) atoms. The minimum absolute atomic E-state index is 0.0534. The molecule has 1 aromatic rings. The molecule has 9 heteroatoms. The predicted molar refractivity (Wildman–Crippen MR) is 123 cm³/mol. The number of likely N-dealkylation sites (N-methyl/N-ethyl adjacent to an activating group) is 1. The van der Waals surface area contributed by atoms with Crippen molar-refractivity contribution in [2.24, 2.45) is 10.4 Å². The van der Waals surface area contributed by atoms with Crippen LogP contribution in [0.4, 0.5) is 13.6 Å². The van der Waals surface area contributed by atoms with E-state index in [1.807, 2.05) is 25.1 Å². The van der Waals surface area contributed by atoms with Gasteiger partial charge in [-0.1, -0.05) is 23.8 Å². The van der Waals surface area contributed by atoms with Gasteiger partial charge in [-0.25, -0.2) is 9.79 Å². The van der Waals surface area contributed by atoms with Crippen LogP contribution in [0, 0.1) is 12.3 Å². The molecule has 2 aliphatic carbocycles. The number of alkyl carbamates (subject to hydrolysis) is 1. The van der Waals surface area contributed by atoms with Crippen LogP contribution in [-0.4, -0.2) is 54.6 Å². The zero-order valence-corrected chi connectivity index (χ0v) is 20.4. The minimum Gasteiger partial charge on any atom is -0.444 e. The number of alkyl halides is 2. The number of fused-ring (bicyclic) bond motifs is 3. The number of aliphatic imine (C=N–C) groups is 1. The lowest BCUT2D eigenvalue weighted by atomic mass is 9.59. The summed E-state index contributed by atoms with van der Waals surface area (Å²) in [6.45, 7) is 4.54. The number of halogens is 2. The lowest BCUT2D eigenvalue weighted by molar-refractivity contribution is -0.178. The molecule has 1 heterocycles. The number of nitrogens with one attached hydrogen (secondary N) is 1. The van der Waals surface area contributed by atoms with Crippen LogP contribution in [0.1, 0.15) is 63.1 Å². The standard InChI is InChI=1S/C25H33F2N3O4/c1-15-6-7-16-13-24(10-8-17(9-11-24)33-20(26)27)25(18(16)12-15)19(31)14-30(5)21(29-25)28-22(32)34-23(2,3)4/h6-7,12,17,20H,8-11,13-14H2,1-5H3,(H,28,29,32). The van der Waals surface area contributed by atoms with E-state index in [9.17, 15) is 18.4 Å². The number of rotatable bonds is 2. The van der Waals surface area contributed by atoms with Crippen molar-refractivity contribution < 1.29 is 27.8 Å². The average Bonchev–Trinajstić information content (AvgIpc) is 2.96. The molecular weight excluding hydrogens is 444 g/mol. The Morgan fingerprint density at radius 2 is 1.94 bits per heavy atom. The minimum atomic E-state index is -2.82. The smallest absolute Gasteiger partial charge is 0.414 e. The lowest BCUT2D eigenvalue weighted by Crippen LogP contribution is -2.60. The Bertz CT molecular complexity index is 1010. The van der Waals surface area contributed by atoms with Crippen LogP contribution in [0.2, 0.25) is 0 Å². The molecule has 0 radical (unpaired) electrons. The third kappa shape index (κ3) is 4.30. The Labute approximate surface area is 198 Å². The maximum Gasteiger partial charge on any atom is 0.414 e. The number of aryl methyl sites for hydroxylation is 1. The molecule has 186 valence electrons. The second-order valence-corrected chi connectivity index (χ2v) is 10.8. The molecule has 0 saturated heterocycles. The summed E-state index contributed by atoms with van der Waals surface area (Å²) in [6.07, 6.45) is 1.33. The molecule has 0 aromatic heterocycles. The summed E-state index contributed by atoms with van der Waals surface area (Å²) in [6, 6.07) is 6.05. The Morgan fingerprint density at radius 1 is 1.26 bits per heavy atom. The molecule has 1 N–H and O–H groups in total. The summed E-state index contributed by atoms with van der Waals surface area (Å²) in [4.78, 5) is 33.0. The number of amides is 1. The van der Waals surface area contributed by atoms with Gasteiger partial charge in [0.2, 0.25) is 5.96 Å². The van der Waals surface area contributed by atoms with Gasteiger partial charge in [0.25, 0.3) is 0 Å². The Morgan fingerprint density at radius 3 is 2.56 bits per heavy atom. The monoisotopic (exact) mass is 477 g/mol. The van der Waals surface area contributed by atoms with Crippen LogP contribution in [0.5, 0.6) is 0 Å². The number of carbonyl (C=O) groups excluding carboxylic acids is 2. The number of ketones is 1. The Balaban J connectivity index is 1.77. The Hall–Kier alpha value is -2.55. The van der Waals surface area contributed by atoms with E-state index < -0.39 is 35.4 Å². The van der Waals surface area contributed by atoms with Gasteiger partial charge in [-0.3, -0.25) is 10.1 Å². The maximum absolute atomic E-state index is 13.9. The zero-order valence-electron chi connectivity index (χ0n) is 20.4. The normalized spacial score (nSPS) is 28.9. The second-order valence-electron chi connectivity index (χ2n) is 10.8. The van der Waals surface area contributed by atoms with Crippen LogP contribution >= 0.6 is 0 Å². The molecule has 1 aliphatic heterocycles. The number of carbonyl (C=O) groups is 2. The fraction of sp³-hybridized carbons (Fsp3) is 0.640. The van der Waals surface area contributed by atoms with E-state index >= 15 is 0 Å². The lowest BCUT2D eigenvalue weighted by Gasteiger charge is -2.49. The van der Waals surface area contributed by atoms with E-state index in [2.05, 4.69) is 5.32 Å². The largest absolute Gasteiger partial charge is 0.444 e. The molecule has 1 aromatic carbocycles. The van der Waals surface area contributed by atoms with Crippen LogP contribution < -0.4 is 5.32 Å². The van der Waals surface area contributed by atoms with E-state index in [4.69, 9.17) is 14.5 Å². The van der Waals surface area contributed by atoms with Gasteiger partial charge in [0.05, 0.1) is 12.6 Å². The first-order valence-corrected chi connectivity index (χ1v) is 11.7. The van der Waals surface area contributed by atoms with Crippen molar-refractivity contribution in [2.45, 2.75) is 83.7 Å². The van der Waals surface area contributed by atoms with Crippen molar-refractivity contribution in [1.82, 2.24) is 10.2 Å². The highest BCUT2D eigenvalue weighted by atomic mass is 19.3. The molecular formula is C25H33F2N3O4. The first-order chi connectivity index (χ1) is 15.8. The van der Waals surface area contributed by atoms with Crippen molar-refractivity contribution in [2.75, 3.05) is 13.6 Å². The number of benzene rings is 1. The summed E-state index contributed by atoms with van der Waals surface area (Å²) < 4.78 is 35.9. The van der Waals surface area contributed by atoms with E-state index in [1.54, 1.807) is 32.7 Å². The molecule has 1 atom stereocenters. The highest BCUT2D eigenvalue weighted by molar-refractivity contribution is 6.04. The third-order valence-corrected chi connectivity index (χ3v) is 7.17. The summed E-state index contributed by atoms with van der Waals surface area (Å²) >= 11 is 0. The summed E-state index contributed by atoms with van der Waals surface area (Å²) in [5.74, 6) is 0.218. The van der Waals surface area contributed by atoms with Crippen molar-refractivity contribution >= 4 is 17.8 Å². The first-order valence-electron chi connectivity index (χ1n) is 11.7. The van der Waals surface area contributed by atoms with Gasteiger partial charge in [0.1, 0.15) is 5.60 Å². The SMILES string of the molecule is Cc1ccc2c(c1)C1(N=C(NC(=O)OC(C)(C)C)N(C)CC1=O)C1(CCC(OC(F)F)CC1)C2. The molecule has 0 bridgehead atoms. The van der Waals surface area contributed by atoms with Crippen molar-refractivity contribution in [1.29, 1.82) is 0 Å².